The van der Waals surface area contributed by atoms with Gasteiger partial charge in [-0.25, -0.2) is 0 Å². The standard InChI is InChI=1S/C41H46N8O5/c42-40-36(23-35(45-46-40)33-6-1-2-7-37(33)50)48-24-29-13-14-30(25-48)49(29)28-4-3-5-32(22-28)54-31-18-20-47(21-19-31)39(52)17-10-26-8-11-27(12-9-26)43-34-15-16-38(51)44-41(34)53/h1-9,11-12,22-23,29-31,34,43,50H,10,13-21,24-25H2,(H2,42,46)(H,44,51,53)/t29-,30+,34?. The molecule has 3 atom stereocenters. The summed E-state index contributed by atoms with van der Waals surface area (Å²) in [6.45, 7) is 2.94. The molecule has 0 saturated carbocycles. The van der Waals surface area contributed by atoms with Gasteiger partial charge in [-0.3, -0.25) is 19.7 Å². The zero-order chi connectivity index (χ0) is 37.2. The molecule has 4 fully saturated rings. The number of nitrogen functional groups attached to an aromatic ring is 1. The molecule has 280 valence electrons. The molecule has 3 aromatic carbocycles. The van der Waals surface area contributed by atoms with E-state index < -0.39 is 6.04 Å². The Morgan fingerprint density at radius 3 is 2.41 bits per heavy atom. The molecule has 1 aromatic heterocycles. The Balaban J connectivity index is 0.817. The average molecular weight is 731 g/mol. The molecule has 0 radical (unpaired) electrons. The number of hydrogen-bond donors (Lipinski definition) is 4. The van der Waals surface area contributed by atoms with Gasteiger partial charge in [0.1, 0.15) is 23.6 Å². The number of piperazine rings is 1. The van der Waals surface area contributed by atoms with Crippen molar-refractivity contribution in [3.63, 3.8) is 0 Å². The number of imide groups is 1. The van der Waals surface area contributed by atoms with E-state index in [-0.39, 0.29) is 29.6 Å². The van der Waals surface area contributed by atoms with Gasteiger partial charge >= 0.3 is 0 Å². The van der Waals surface area contributed by atoms with Gasteiger partial charge in [0.05, 0.1) is 11.4 Å². The highest BCUT2D eigenvalue weighted by atomic mass is 16.5. The molecule has 3 amide bonds. The Bertz CT molecular complexity index is 2000. The smallest absolute Gasteiger partial charge is 0.249 e. The molecule has 4 aliphatic heterocycles. The summed E-state index contributed by atoms with van der Waals surface area (Å²) in [4.78, 5) is 43.4. The van der Waals surface area contributed by atoms with Gasteiger partial charge in [-0.15, -0.1) is 10.2 Å². The van der Waals surface area contributed by atoms with Crippen LogP contribution >= 0.6 is 0 Å². The van der Waals surface area contributed by atoms with Crippen LogP contribution in [-0.2, 0) is 20.8 Å². The van der Waals surface area contributed by atoms with Crippen LogP contribution in [0.15, 0.2) is 78.9 Å². The second-order valence-corrected chi connectivity index (χ2v) is 14.8. The van der Waals surface area contributed by atoms with Crippen LogP contribution < -0.4 is 30.9 Å². The van der Waals surface area contributed by atoms with Crippen LogP contribution in [0.25, 0.3) is 11.3 Å². The van der Waals surface area contributed by atoms with Crippen molar-refractivity contribution in [2.24, 2.45) is 0 Å². The van der Waals surface area contributed by atoms with Crippen LogP contribution in [0.1, 0.15) is 50.5 Å². The number of amides is 3. The number of nitrogens with one attached hydrogen (secondary N) is 2. The third-order valence-electron chi connectivity index (χ3n) is 11.2. The summed E-state index contributed by atoms with van der Waals surface area (Å²) in [6.07, 6.45) is 5.65. The van der Waals surface area contributed by atoms with Gasteiger partial charge in [0.2, 0.25) is 17.7 Å². The van der Waals surface area contributed by atoms with Gasteiger partial charge in [-0.1, -0.05) is 30.3 Å². The molecule has 13 nitrogen and oxygen atoms in total. The van der Waals surface area contributed by atoms with Crippen LogP contribution in [0.2, 0.25) is 0 Å². The number of aromatic nitrogens is 2. The van der Waals surface area contributed by atoms with Crippen molar-refractivity contribution >= 4 is 40.6 Å². The Labute approximate surface area is 314 Å². The van der Waals surface area contributed by atoms with Crippen molar-refractivity contribution < 1.29 is 24.2 Å². The number of anilines is 4. The van der Waals surface area contributed by atoms with Crippen molar-refractivity contribution in [2.75, 3.05) is 47.0 Å². The van der Waals surface area contributed by atoms with Crippen molar-refractivity contribution in [1.82, 2.24) is 20.4 Å². The van der Waals surface area contributed by atoms with E-state index >= 15 is 0 Å². The number of phenolic OH excluding ortho intramolecular Hbond substituents is 1. The van der Waals surface area contributed by atoms with E-state index in [1.54, 1.807) is 12.1 Å². The molecular weight excluding hydrogens is 685 g/mol. The largest absolute Gasteiger partial charge is 0.507 e. The lowest BCUT2D eigenvalue weighted by Gasteiger charge is -2.43. The van der Waals surface area contributed by atoms with Gasteiger partial charge in [0, 0.05) is 87.0 Å². The van der Waals surface area contributed by atoms with Crippen LogP contribution in [0.5, 0.6) is 11.5 Å². The molecule has 4 aromatic rings. The minimum Gasteiger partial charge on any atom is -0.507 e. The van der Waals surface area contributed by atoms with E-state index in [1.807, 2.05) is 53.4 Å². The zero-order valence-corrected chi connectivity index (χ0v) is 30.2. The lowest BCUT2D eigenvalue weighted by molar-refractivity contribution is -0.134. The maximum Gasteiger partial charge on any atom is 0.249 e. The first-order chi connectivity index (χ1) is 26.3. The van der Waals surface area contributed by atoms with E-state index in [0.717, 1.165) is 67.1 Å². The summed E-state index contributed by atoms with van der Waals surface area (Å²) < 4.78 is 6.51. The zero-order valence-electron chi connectivity index (χ0n) is 30.2. The van der Waals surface area contributed by atoms with Crippen LogP contribution in [0, 0.1) is 0 Å². The van der Waals surface area contributed by atoms with E-state index in [0.29, 0.717) is 67.9 Å². The Hall–Kier alpha value is -5.85. The summed E-state index contributed by atoms with van der Waals surface area (Å²) in [5, 5.41) is 24.5. The quantitative estimate of drug-likeness (QED) is 0.170. The fourth-order valence-corrected chi connectivity index (χ4v) is 8.33. The first kappa shape index (κ1) is 35.2. The Morgan fingerprint density at radius 2 is 1.67 bits per heavy atom. The number of likely N-dealkylation sites (tertiary alicyclic amines) is 1. The highest BCUT2D eigenvalue weighted by molar-refractivity contribution is 6.01. The number of carbonyl (C=O) groups excluding carboxylic acids is 3. The summed E-state index contributed by atoms with van der Waals surface area (Å²) in [7, 11) is 0. The Morgan fingerprint density at radius 1 is 0.907 bits per heavy atom. The van der Waals surface area contributed by atoms with Gasteiger partial charge in [0.15, 0.2) is 5.82 Å². The van der Waals surface area contributed by atoms with Gasteiger partial charge in [-0.2, -0.15) is 0 Å². The monoisotopic (exact) mass is 730 g/mol. The van der Waals surface area contributed by atoms with Gasteiger partial charge in [0.25, 0.3) is 0 Å². The number of carbonyl (C=O) groups is 3. The number of nitrogens with zero attached hydrogens (tertiary/aromatic N) is 5. The normalized spacial score (nSPS) is 21.6. The minimum absolute atomic E-state index is 0.0442. The van der Waals surface area contributed by atoms with Crippen LogP contribution in [0.3, 0.4) is 0 Å². The summed E-state index contributed by atoms with van der Waals surface area (Å²) in [5.41, 5.74) is 11.4. The number of para-hydroxylation sites is 1. The minimum atomic E-state index is -0.423. The summed E-state index contributed by atoms with van der Waals surface area (Å²) in [6, 6.07) is 25.4. The Kier molecular flexibility index (Phi) is 9.94. The number of aromatic hydroxyl groups is 1. The van der Waals surface area contributed by atoms with E-state index in [4.69, 9.17) is 10.5 Å². The van der Waals surface area contributed by atoms with Gasteiger partial charge in [-0.05, 0) is 73.7 Å². The van der Waals surface area contributed by atoms with Crippen LogP contribution in [-0.4, -0.2) is 88.3 Å². The maximum absolute atomic E-state index is 13.1. The number of rotatable bonds is 10. The molecule has 1 unspecified atom stereocenters. The summed E-state index contributed by atoms with van der Waals surface area (Å²) >= 11 is 0. The molecular formula is C41H46N8O5. The lowest BCUT2D eigenvalue weighted by Crippen LogP contribution is -2.54. The van der Waals surface area contributed by atoms with Crippen molar-refractivity contribution in [1.29, 1.82) is 0 Å². The van der Waals surface area contributed by atoms with Crippen molar-refractivity contribution in [3.05, 3.63) is 84.4 Å². The first-order valence-electron chi connectivity index (χ1n) is 19.0. The number of phenols is 1. The van der Waals surface area contributed by atoms with Gasteiger partial charge < -0.3 is 35.6 Å². The van der Waals surface area contributed by atoms with E-state index in [2.05, 4.69) is 48.8 Å². The highest BCUT2D eigenvalue weighted by Crippen LogP contribution is 2.40. The predicted molar refractivity (Wildman–Crippen MR) is 206 cm³/mol. The van der Waals surface area contributed by atoms with Crippen molar-refractivity contribution in [2.45, 2.75) is 75.6 Å². The molecule has 0 spiro atoms. The molecule has 2 bridgehead atoms. The first-order valence-corrected chi connectivity index (χ1v) is 19.0. The number of nitrogens with two attached hydrogens (primary N) is 1. The average Bonchev–Trinajstić information content (AvgIpc) is 3.45. The predicted octanol–water partition coefficient (Wildman–Crippen LogP) is 4.51. The second-order valence-electron chi connectivity index (χ2n) is 14.8. The topological polar surface area (TPSA) is 166 Å². The molecule has 0 aliphatic carbocycles. The molecule has 8 rings (SSSR count). The fraction of sp³-hybridized carbons (Fsp3) is 0.390. The number of piperidine rings is 2. The molecule has 4 aliphatic rings. The molecule has 4 saturated heterocycles. The lowest BCUT2D eigenvalue weighted by atomic mass is 10.0. The number of fused-ring (bicyclic) bond motifs is 2. The van der Waals surface area contributed by atoms with E-state index in [1.165, 1.54) is 0 Å². The summed E-state index contributed by atoms with van der Waals surface area (Å²) in [5.74, 6) is 1.02. The maximum atomic E-state index is 13.1. The molecule has 5 heterocycles. The molecule has 5 N–H and O–H groups in total. The number of hydrogen-bond acceptors (Lipinski definition) is 11. The molecule has 13 heteroatoms. The number of ether oxygens (including phenoxy) is 1. The van der Waals surface area contributed by atoms with E-state index in [9.17, 15) is 19.5 Å². The third kappa shape index (κ3) is 7.61. The third-order valence-corrected chi connectivity index (χ3v) is 11.2. The SMILES string of the molecule is Nc1nnc(-c2ccccc2O)cc1N1C[C@H]2CC[C@@H](C1)N2c1cccc(OC2CCN(C(=O)CCc3ccc(NC4CCC(=O)NC4=O)cc3)CC2)c1. The number of benzene rings is 3. The highest BCUT2D eigenvalue weighted by Gasteiger charge is 2.41. The fourth-order valence-electron chi connectivity index (χ4n) is 8.33. The number of aryl methyl sites for hydroxylation is 1. The second kappa shape index (κ2) is 15.2. The van der Waals surface area contributed by atoms with Crippen LogP contribution in [0.4, 0.5) is 22.9 Å². The van der Waals surface area contributed by atoms with Crippen molar-refractivity contribution in [3.8, 4) is 22.8 Å². The molecule has 54 heavy (non-hydrogen) atoms.